The monoisotopic (exact) mass is 438 g/mol. The summed E-state index contributed by atoms with van der Waals surface area (Å²) in [6, 6.07) is 12.6. The molecule has 0 N–H and O–H groups in total. The van der Waals surface area contributed by atoms with Crippen LogP contribution in [0.4, 0.5) is 0 Å². The molecule has 0 spiro atoms. The number of thioether (sulfide) groups is 1. The van der Waals surface area contributed by atoms with Crippen molar-refractivity contribution in [2.24, 2.45) is 0 Å². The third kappa shape index (κ3) is 3.83. The van der Waals surface area contributed by atoms with Gasteiger partial charge >= 0.3 is 5.63 Å². The number of halogens is 1. The van der Waals surface area contributed by atoms with Gasteiger partial charge in [0.05, 0.1) is 12.2 Å². The Morgan fingerprint density at radius 2 is 2.00 bits per heavy atom. The Balaban J connectivity index is 1.33. The van der Waals surface area contributed by atoms with Crippen LogP contribution >= 0.6 is 23.4 Å². The topological polar surface area (TPSA) is 87.0 Å². The highest BCUT2D eigenvalue weighted by molar-refractivity contribution is 7.98. The number of oxazole rings is 1. The Hall–Kier alpha value is -3.10. The summed E-state index contributed by atoms with van der Waals surface area (Å²) in [6.45, 7) is 2.38. The molecular weight excluding hydrogens is 424 g/mol. The van der Waals surface area contributed by atoms with Crippen LogP contribution in [0, 0.1) is 6.92 Å². The normalized spacial score (nSPS) is 11.5. The summed E-state index contributed by atoms with van der Waals surface area (Å²) in [5.74, 6) is 0.553. The summed E-state index contributed by atoms with van der Waals surface area (Å²) >= 11 is 7.42. The fourth-order valence-electron chi connectivity index (χ4n) is 3.20. The van der Waals surface area contributed by atoms with Gasteiger partial charge < -0.3 is 8.83 Å². The van der Waals surface area contributed by atoms with E-state index in [-0.39, 0.29) is 5.63 Å². The SMILES string of the molecule is Cc1ccc2c(Cn3cc(CSc4nc5cc(Cl)ccc5o4)nn3)cc(=O)oc2c1. The average Bonchev–Trinajstić information content (AvgIpc) is 3.31. The van der Waals surface area contributed by atoms with Crippen LogP contribution in [0.2, 0.25) is 5.02 Å². The molecule has 30 heavy (non-hydrogen) atoms. The van der Waals surface area contributed by atoms with Crippen LogP contribution < -0.4 is 5.63 Å². The second kappa shape index (κ2) is 7.62. The van der Waals surface area contributed by atoms with E-state index in [0.29, 0.717) is 33.7 Å². The van der Waals surface area contributed by atoms with Crippen LogP contribution in [-0.4, -0.2) is 20.0 Å². The molecule has 2 aromatic carbocycles. The van der Waals surface area contributed by atoms with Crippen molar-refractivity contribution in [2.75, 3.05) is 0 Å². The molecule has 0 saturated heterocycles. The lowest BCUT2D eigenvalue weighted by atomic mass is 10.1. The van der Waals surface area contributed by atoms with Crippen LogP contribution in [0.5, 0.6) is 0 Å². The van der Waals surface area contributed by atoms with Crippen molar-refractivity contribution >= 4 is 45.4 Å². The van der Waals surface area contributed by atoms with Crippen LogP contribution in [0.25, 0.3) is 22.1 Å². The van der Waals surface area contributed by atoms with Crippen molar-refractivity contribution in [2.45, 2.75) is 24.4 Å². The van der Waals surface area contributed by atoms with Gasteiger partial charge in [-0.15, -0.1) is 5.10 Å². The highest BCUT2D eigenvalue weighted by Gasteiger charge is 2.11. The van der Waals surface area contributed by atoms with Crippen molar-refractivity contribution in [3.63, 3.8) is 0 Å². The zero-order chi connectivity index (χ0) is 20.7. The van der Waals surface area contributed by atoms with E-state index in [9.17, 15) is 4.79 Å². The van der Waals surface area contributed by atoms with Crippen molar-refractivity contribution < 1.29 is 8.83 Å². The van der Waals surface area contributed by atoms with E-state index >= 15 is 0 Å². The lowest BCUT2D eigenvalue weighted by Gasteiger charge is -2.05. The van der Waals surface area contributed by atoms with Crippen molar-refractivity contribution in [3.8, 4) is 0 Å². The van der Waals surface area contributed by atoms with Crippen molar-refractivity contribution in [1.82, 2.24) is 20.0 Å². The summed E-state index contributed by atoms with van der Waals surface area (Å²) < 4.78 is 12.7. The molecule has 3 heterocycles. The summed E-state index contributed by atoms with van der Waals surface area (Å²) in [6.07, 6.45) is 1.85. The highest BCUT2D eigenvalue weighted by atomic mass is 35.5. The number of benzene rings is 2. The van der Waals surface area contributed by atoms with E-state index in [1.54, 1.807) is 22.9 Å². The van der Waals surface area contributed by atoms with Gasteiger partial charge in [-0.2, -0.15) is 0 Å². The lowest BCUT2D eigenvalue weighted by molar-refractivity contribution is 0.489. The largest absolute Gasteiger partial charge is 0.431 e. The van der Waals surface area contributed by atoms with E-state index in [2.05, 4.69) is 15.3 Å². The van der Waals surface area contributed by atoms with E-state index in [1.807, 2.05) is 31.3 Å². The molecule has 5 aromatic rings. The molecule has 0 aliphatic heterocycles. The van der Waals surface area contributed by atoms with Crippen LogP contribution in [0.1, 0.15) is 16.8 Å². The van der Waals surface area contributed by atoms with Crippen LogP contribution in [-0.2, 0) is 12.3 Å². The predicted molar refractivity (Wildman–Crippen MR) is 115 cm³/mol. The van der Waals surface area contributed by atoms with Gasteiger partial charge in [-0.3, -0.25) is 0 Å². The van der Waals surface area contributed by atoms with Crippen LogP contribution in [0.15, 0.2) is 67.5 Å². The predicted octanol–water partition coefficient (Wildman–Crippen LogP) is 4.83. The molecule has 5 rings (SSSR count). The summed E-state index contributed by atoms with van der Waals surface area (Å²) in [5, 5.41) is 10.4. The van der Waals surface area contributed by atoms with Gasteiger partial charge in [0.1, 0.15) is 11.1 Å². The molecule has 150 valence electrons. The quantitative estimate of drug-likeness (QED) is 0.287. The molecule has 3 aromatic heterocycles. The van der Waals surface area contributed by atoms with E-state index in [0.717, 1.165) is 27.7 Å². The fourth-order valence-corrected chi connectivity index (χ4v) is 4.08. The van der Waals surface area contributed by atoms with Gasteiger partial charge in [0.15, 0.2) is 5.58 Å². The fraction of sp³-hybridized carbons (Fsp3) is 0.143. The average molecular weight is 439 g/mol. The van der Waals surface area contributed by atoms with Gasteiger partial charge in [0, 0.05) is 28.4 Å². The lowest BCUT2D eigenvalue weighted by Crippen LogP contribution is -2.06. The van der Waals surface area contributed by atoms with Gasteiger partial charge in [-0.1, -0.05) is 40.7 Å². The third-order valence-corrected chi connectivity index (χ3v) is 5.67. The Morgan fingerprint density at radius 3 is 2.90 bits per heavy atom. The first-order valence-electron chi connectivity index (χ1n) is 9.15. The number of rotatable bonds is 5. The molecule has 0 fully saturated rings. The number of hydrogen-bond donors (Lipinski definition) is 0. The summed E-state index contributed by atoms with van der Waals surface area (Å²) in [7, 11) is 0. The van der Waals surface area contributed by atoms with Gasteiger partial charge in [0.2, 0.25) is 0 Å². The Morgan fingerprint density at radius 1 is 1.10 bits per heavy atom. The molecule has 0 radical (unpaired) electrons. The maximum atomic E-state index is 11.9. The highest BCUT2D eigenvalue weighted by Crippen LogP contribution is 2.27. The molecule has 0 amide bonds. The first-order chi connectivity index (χ1) is 14.5. The Kier molecular flexibility index (Phi) is 4.80. The standard InChI is InChI=1S/C21H15ClN4O3S/c1-12-2-4-16-13(7-20(27)28-19(16)6-12)9-26-10-15(24-25-26)11-30-21-23-17-8-14(22)3-5-18(17)29-21/h2-8,10H,9,11H2,1H3. The molecule has 7 nitrogen and oxygen atoms in total. The van der Waals surface area contributed by atoms with Crippen LogP contribution in [0.3, 0.4) is 0 Å². The maximum Gasteiger partial charge on any atom is 0.336 e. The first kappa shape index (κ1) is 18.9. The minimum absolute atomic E-state index is 0.380. The number of fused-ring (bicyclic) bond motifs is 2. The second-order valence-corrected chi connectivity index (χ2v) is 8.24. The molecule has 9 heteroatoms. The minimum atomic E-state index is -0.380. The zero-order valence-electron chi connectivity index (χ0n) is 15.8. The molecule has 0 aliphatic rings. The Bertz CT molecular complexity index is 1440. The van der Waals surface area contributed by atoms with E-state index in [1.165, 1.54) is 17.8 Å². The van der Waals surface area contributed by atoms with Crippen molar-refractivity contribution in [3.05, 3.63) is 80.9 Å². The zero-order valence-corrected chi connectivity index (χ0v) is 17.4. The van der Waals surface area contributed by atoms with Crippen molar-refractivity contribution in [1.29, 1.82) is 0 Å². The molecule has 0 bridgehead atoms. The minimum Gasteiger partial charge on any atom is -0.431 e. The number of aryl methyl sites for hydroxylation is 1. The third-order valence-electron chi connectivity index (χ3n) is 4.58. The Labute approximate surface area is 179 Å². The van der Waals surface area contributed by atoms with Gasteiger partial charge in [0.25, 0.3) is 5.22 Å². The van der Waals surface area contributed by atoms with Gasteiger partial charge in [-0.25, -0.2) is 14.5 Å². The first-order valence-corrected chi connectivity index (χ1v) is 10.5. The molecule has 0 unspecified atom stereocenters. The smallest absolute Gasteiger partial charge is 0.336 e. The summed E-state index contributed by atoms with van der Waals surface area (Å²) in [5.41, 5.74) is 4.25. The molecule has 0 atom stereocenters. The van der Waals surface area contributed by atoms with E-state index < -0.39 is 0 Å². The van der Waals surface area contributed by atoms with E-state index in [4.69, 9.17) is 20.4 Å². The number of hydrogen-bond acceptors (Lipinski definition) is 7. The maximum absolute atomic E-state index is 11.9. The molecule has 0 saturated carbocycles. The molecular formula is C21H15ClN4O3S. The second-order valence-electron chi connectivity index (χ2n) is 6.88. The van der Waals surface area contributed by atoms with Gasteiger partial charge in [-0.05, 0) is 42.3 Å². The number of aromatic nitrogens is 4. The number of nitrogens with zero attached hydrogens (tertiary/aromatic N) is 4. The summed E-state index contributed by atoms with van der Waals surface area (Å²) in [4.78, 5) is 16.4. The molecule has 0 aliphatic carbocycles.